The second-order valence-electron chi connectivity index (χ2n) is 11.5. The summed E-state index contributed by atoms with van der Waals surface area (Å²) in [5.41, 5.74) is 1.17. The molecule has 9 heteroatoms. The summed E-state index contributed by atoms with van der Waals surface area (Å²) in [6, 6.07) is 12.0. The first-order valence-electron chi connectivity index (χ1n) is 14.3. The highest BCUT2D eigenvalue weighted by Crippen LogP contribution is 2.34. The molecule has 0 aliphatic carbocycles. The molecular formula is C31H42Cl2N4O3. The predicted molar refractivity (Wildman–Crippen MR) is 161 cm³/mol. The molecule has 1 atom stereocenters. The lowest BCUT2D eigenvalue weighted by atomic mass is 9.82. The molecule has 2 aliphatic rings. The number of amides is 2. The second-order valence-corrected chi connectivity index (χ2v) is 12.3. The van der Waals surface area contributed by atoms with Crippen molar-refractivity contribution in [2.75, 3.05) is 60.4 Å². The van der Waals surface area contributed by atoms with Crippen molar-refractivity contribution in [3.63, 3.8) is 0 Å². The number of carbonyl (C=O) groups excluding carboxylic acids is 2. The summed E-state index contributed by atoms with van der Waals surface area (Å²) in [4.78, 5) is 35.0. The van der Waals surface area contributed by atoms with Crippen LogP contribution in [0.15, 0.2) is 42.5 Å². The zero-order valence-corrected chi connectivity index (χ0v) is 25.4. The molecule has 1 N–H and O–H groups in total. The van der Waals surface area contributed by atoms with Crippen molar-refractivity contribution in [1.82, 2.24) is 19.6 Å². The lowest BCUT2D eigenvalue weighted by Gasteiger charge is -2.50. The normalized spacial score (nSPS) is 18.7. The van der Waals surface area contributed by atoms with Crippen molar-refractivity contribution in [2.45, 2.75) is 50.0 Å². The van der Waals surface area contributed by atoms with E-state index >= 15 is 0 Å². The monoisotopic (exact) mass is 588 g/mol. The van der Waals surface area contributed by atoms with E-state index < -0.39 is 5.54 Å². The smallest absolute Gasteiger partial charge is 0.253 e. The Morgan fingerprint density at radius 2 is 1.57 bits per heavy atom. The van der Waals surface area contributed by atoms with Crippen LogP contribution >= 0.6 is 23.2 Å². The second kappa shape index (κ2) is 13.6. The maximum Gasteiger partial charge on any atom is 0.253 e. The minimum atomic E-state index is -0.402. The third-order valence-electron chi connectivity index (χ3n) is 8.61. The van der Waals surface area contributed by atoms with Crippen molar-refractivity contribution in [1.29, 1.82) is 0 Å². The molecule has 0 radical (unpaired) electrons. The zero-order chi connectivity index (χ0) is 28.9. The van der Waals surface area contributed by atoms with E-state index in [0.29, 0.717) is 22.2 Å². The first-order valence-corrected chi connectivity index (χ1v) is 15.0. The highest BCUT2D eigenvalue weighted by Gasteiger charge is 2.47. The molecule has 0 saturated carbocycles. The Morgan fingerprint density at radius 3 is 2.17 bits per heavy atom. The van der Waals surface area contributed by atoms with Gasteiger partial charge >= 0.3 is 0 Å². The highest BCUT2D eigenvalue weighted by atomic mass is 35.5. The van der Waals surface area contributed by atoms with E-state index in [2.05, 4.69) is 9.80 Å². The van der Waals surface area contributed by atoms with Gasteiger partial charge in [-0.05, 0) is 93.7 Å². The number of halogens is 2. The molecule has 0 aromatic heterocycles. The number of likely N-dealkylation sites (N-methyl/N-ethyl adjacent to an activating group) is 2. The van der Waals surface area contributed by atoms with Crippen molar-refractivity contribution < 1.29 is 14.7 Å². The summed E-state index contributed by atoms with van der Waals surface area (Å²) in [7, 11) is 5.55. The van der Waals surface area contributed by atoms with E-state index in [1.807, 2.05) is 32.3 Å². The molecule has 0 spiro atoms. The first kappa shape index (κ1) is 30.6. The number of carbonyl (C=O) groups is 2. The molecule has 2 aromatic carbocycles. The number of phenols is 1. The van der Waals surface area contributed by atoms with E-state index in [1.165, 1.54) is 18.6 Å². The number of hydrogen-bond donors (Lipinski definition) is 1. The third-order valence-corrected chi connectivity index (χ3v) is 9.35. The summed E-state index contributed by atoms with van der Waals surface area (Å²) in [6.45, 7) is 5.11. The Kier molecular flexibility index (Phi) is 10.4. The molecule has 2 fully saturated rings. The Bertz CT molecular complexity index is 1160. The standard InChI is InChI=1S/C31H42Cl2N4O3/c1-34(2)30(40)31(37-16-5-4-6-17-37)14-19-36(20-15-31)18-13-25(24-9-12-27(32)28(33)21-24)22-35(3)29(39)23-7-10-26(38)11-8-23/h7-12,21,25,38H,4-6,13-20,22H2,1-3H3/t25-/m1/s1. The molecule has 2 aromatic rings. The van der Waals surface area contributed by atoms with Crippen LogP contribution in [0.3, 0.4) is 0 Å². The maximum atomic E-state index is 13.4. The third kappa shape index (κ3) is 7.11. The largest absolute Gasteiger partial charge is 0.508 e. The first-order chi connectivity index (χ1) is 19.1. The van der Waals surface area contributed by atoms with Gasteiger partial charge in [0.2, 0.25) is 5.91 Å². The van der Waals surface area contributed by atoms with Gasteiger partial charge in [-0.15, -0.1) is 0 Å². The number of piperidine rings is 2. The Balaban J connectivity index is 1.45. The summed E-state index contributed by atoms with van der Waals surface area (Å²) >= 11 is 12.6. The lowest BCUT2D eigenvalue weighted by molar-refractivity contribution is -0.147. The van der Waals surface area contributed by atoms with Crippen LogP contribution in [0, 0.1) is 0 Å². The van der Waals surface area contributed by atoms with Crippen LogP contribution < -0.4 is 0 Å². The topological polar surface area (TPSA) is 67.3 Å². The number of benzene rings is 2. The summed E-state index contributed by atoms with van der Waals surface area (Å²) in [6.07, 6.45) is 6.07. The Hall–Kier alpha value is -2.32. The molecule has 0 bridgehead atoms. The molecule has 2 aliphatic heterocycles. The van der Waals surface area contributed by atoms with Gasteiger partial charge in [-0.3, -0.25) is 14.5 Å². The van der Waals surface area contributed by atoms with Gasteiger partial charge in [0, 0.05) is 52.3 Å². The summed E-state index contributed by atoms with van der Waals surface area (Å²) < 4.78 is 0. The Morgan fingerprint density at radius 1 is 0.925 bits per heavy atom. The van der Waals surface area contributed by atoms with Crippen molar-refractivity contribution in [3.05, 3.63) is 63.6 Å². The van der Waals surface area contributed by atoms with Crippen molar-refractivity contribution >= 4 is 35.0 Å². The van der Waals surface area contributed by atoms with Gasteiger partial charge < -0.3 is 19.8 Å². The number of nitrogens with zero attached hydrogens (tertiary/aromatic N) is 4. The van der Waals surface area contributed by atoms with Crippen molar-refractivity contribution in [2.24, 2.45) is 0 Å². The quantitative estimate of drug-likeness (QED) is 0.427. The molecule has 7 nitrogen and oxygen atoms in total. The molecular weight excluding hydrogens is 547 g/mol. The maximum absolute atomic E-state index is 13.4. The van der Waals surface area contributed by atoms with Crippen LogP contribution in [0.25, 0.3) is 0 Å². The number of likely N-dealkylation sites (tertiary alicyclic amines) is 2. The van der Waals surface area contributed by atoms with Gasteiger partial charge in [-0.2, -0.15) is 0 Å². The van der Waals surface area contributed by atoms with E-state index in [-0.39, 0.29) is 23.5 Å². The van der Waals surface area contributed by atoms with Crippen LogP contribution in [0.2, 0.25) is 10.0 Å². The van der Waals surface area contributed by atoms with Crippen molar-refractivity contribution in [3.8, 4) is 5.75 Å². The van der Waals surface area contributed by atoms with E-state index in [9.17, 15) is 14.7 Å². The van der Waals surface area contributed by atoms with E-state index in [0.717, 1.165) is 70.4 Å². The van der Waals surface area contributed by atoms with E-state index in [4.69, 9.17) is 23.2 Å². The van der Waals surface area contributed by atoms with Crippen LogP contribution in [0.4, 0.5) is 0 Å². The van der Waals surface area contributed by atoms with Crippen LogP contribution in [-0.2, 0) is 4.79 Å². The van der Waals surface area contributed by atoms with Crippen LogP contribution in [-0.4, -0.2) is 102 Å². The number of hydrogen-bond acceptors (Lipinski definition) is 5. The highest BCUT2D eigenvalue weighted by molar-refractivity contribution is 6.42. The molecule has 2 heterocycles. The fraction of sp³-hybridized carbons (Fsp3) is 0.548. The summed E-state index contributed by atoms with van der Waals surface area (Å²) in [5.74, 6) is 0.317. The SMILES string of the molecule is CN(C)C(=O)C1(N2CCCCC2)CCN(CC[C@H](CN(C)C(=O)c2ccc(O)cc2)c2ccc(Cl)c(Cl)c2)CC1. The average molecular weight is 590 g/mol. The molecule has 2 saturated heterocycles. The number of aromatic hydroxyl groups is 1. The van der Waals surface area contributed by atoms with Crippen LogP contribution in [0.1, 0.15) is 60.4 Å². The number of rotatable bonds is 9. The van der Waals surface area contributed by atoms with Gasteiger partial charge in [0.25, 0.3) is 5.91 Å². The molecule has 218 valence electrons. The molecule has 0 unspecified atom stereocenters. The van der Waals surface area contributed by atoms with Gasteiger partial charge in [-0.1, -0.05) is 35.7 Å². The average Bonchev–Trinajstić information content (AvgIpc) is 2.97. The summed E-state index contributed by atoms with van der Waals surface area (Å²) in [5, 5.41) is 10.6. The zero-order valence-electron chi connectivity index (χ0n) is 23.9. The van der Waals surface area contributed by atoms with E-state index in [1.54, 1.807) is 29.0 Å². The minimum Gasteiger partial charge on any atom is -0.508 e. The predicted octanol–water partition coefficient (Wildman–Crippen LogP) is 5.35. The molecule has 2 amide bonds. The molecule has 4 rings (SSSR count). The fourth-order valence-corrected chi connectivity index (χ4v) is 6.56. The van der Waals surface area contributed by atoms with Crippen LogP contribution in [0.5, 0.6) is 5.75 Å². The number of phenolic OH excluding ortho intramolecular Hbond substituents is 1. The lowest BCUT2D eigenvalue weighted by Crippen LogP contribution is -2.64. The van der Waals surface area contributed by atoms with Gasteiger partial charge in [0.15, 0.2) is 0 Å². The Labute approximate surface area is 248 Å². The van der Waals surface area contributed by atoms with Gasteiger partial charge in [0.05, 0.1) is 10.0 Å². The minimum absolute atomic E-state index is 0.0537. The van der Waals surface area contributed by atoms with Gasteiger partial charge in [0.1, 0.15) is 11.3 Å². The fourth-order valence-electron chi connectivity index (χ4n) is 6.26. The van der Waals surface area contributed by atoms with Gasteiger partial charge in [-0.25, -0.2) is 0 Å². The molecule has 40 heavy (non-hydrogen) atoms.